The number of anilines is 1. The van der Waals surface area contributed by atoms with Gasteiger partial charge in [0.2, 0.25) is 0 Å². The summed E-state index contributed by atoms with van der Waals surface area (Å²) in [4.78, 5) is 0. The Morgan fingerprint density at radius 3 is 2.70 bits per heavy atom. The molecule has 0 fully saturated rings. The quantitative estimate of drug-likeness (QED) is 0.489. The van der Waals surface area contributed by atoms with Crippen molar-refractivity contribution in [2.75, 3.05) is 5.73 Å². The van der Waals surface area contributed by atoms with Crippen LogP contribution in [0.3, 0.4) is 0 Å². The SMILES string of the molecule is Cc1cccc(CCl)c1N. The molecule has 0 bridgehead atoms. The second kappa shape index (κ2) is 2.93. The van der Waals surface area contributed by atoms with Crippen LogP contribution in [0.25, 0.3) is 0 Å². The minimum Gasteiger partial charge on any atom is -0.398 e. The molecular weight excluding hydrogens is 146 g/mol. The van der Waals surface area contributed by atoms with Gasteiger partial charge in [0.05, 0.1) is 0 Å². The molecule has 0 aliphatic carbocycles. The molecule has 2 heteroatoms. The molecule has 54 valence electrons. The molecule has 1 nitrogen and oxygen atoms in total. The lowest BCUT2D eigenvalue weighted by molar-refractivity contribution is 1.35. The maximum atomic E-state index is 5.71. The predicted octanol–water partition coefficient (Wildman–Crippen LogP) is 2.32. The van der Waals surface area contributed by atoms with Crippen LogP contribution in [0, 0.1) is 6.92 Å². The zero-order valence-corrected chi connectivity index (χ0v) is 6.65. The van der Waals surface area contributed by atoms with E-state index in [4.69, 9.17) is 17.3 Å². The largest absolute Gasteiger partial charge is 0.398 e. The molecule has 0 aliphatic heterocycles. The second-order valence-electron chi connectivity index (χ2n) is 2.28. The van der Waals surface area contributed by atoms with Crippen LogP contribution in [0.5, 0.6) is 0 Å². The number of hydrogen-bond donors (Lipinski definition) is 1. The number of aryl methyl sites for hydroxylation is 1. The third kappa shape index (κ3) is 1.24. The van der Waals surface area contributed by atoms with Crippen LogP contribution in [0.15, 0.2) is 18.2 Å². The summed E-state index contributed by atoms with van der Waals surface area (Å²) >= 11 is 5.62. The fourth-order valence-corrected chi connectivity index (χ4v) is 1.09. The Morgan fingerprint density at radius 1 is 1.50 bits per heavy atom. The van der Waals surface area contributed by atoms with Gasteiger partial charge in [0.25, 0.3) is 0 Å². The number of halogens is 1. The molecule has 0 atom stereocenters. The van der Waals surface area contributed by atoms with Gasteiger partial charge in [0, 0.05) is 11.6 Å². The summed E-state index contributed by atoms with van der Waals surface area (Å²) in [6.07, 6.45) is 0. The number of hydrogen-bond acceptors (Lipinski definition) is 1. The third-order valence-corrected chi connectivity index (χ3v) is 1.85. The van der Waals surface area contributed by atoms with E-state index in [-0.39, 0.29) is 0 Å². The van der Waals surface area contributed by atoms with E-state index in [1.807, 2.05) is 25.1 Å². The molecule has 1 aromatic carbocycles. The average molecular weight is 156 g/mol. The van der Waals surface area contributed by atoms with E-state index in [0.29, 0.717) is 5.88 Å². The number of alkyl halides is 1. The van der Waals surface area contributed by atoms with Crippen molar-refractivity contribution in [2.24, 2.45) is 0 Å². The molecule has 0 radical (unpaired) electrons. The Labute approximate surface area is 65.8 Å². The molecule has 2 N–H and O–H groups in total. The zero-order chi connectivity index (χ0) is 7.56. The summed E-state index contributed by atoms with van der Waals surface area (Å²) in [6, 6.07) is 5.88. The first kappa shape index (κ1) is 7.42. The van der Waals surface area contributed by atoms with Crippen LogP contribution in [0.1, 0.15) is 11.1 Å². The van der Waals surface area contributed by atoms with E-state index in [1.54, 1.807) is 0 Å². The third-order valence-electron chi connectivity index (χ3n) is 1.56. The van der Waals surface area contributed by atoms with Gasteiger partial charge in [-0.15, -0.1) is 11.6 Å². The van der Waals surface area contributed by atoms with Crippen LogP contribution in [0.4, 0.5) is 5.69 Å². The lowest BCUT2D eigenvalue weighted by Gasteiger charge is -2.03. The minimum absolute atomic E-state index is 0.494. The summed E-state index contributed by atoms with van der Waals surface area (Å²) in [5, 5.41) is 0. The maximum Gasteiger partial charge on any atom is 0.0494 e. The standard InChI is InChI=1S/C8H10ClN/c1-6-3-2-4-7(5-9)8(6)10/h2-4H,5,10H2,1H3. The van der Waals surface area contributed by atoms with E-state index >= 15 is 0 Å². The molecule has 0 saturated heterocycles. The molecule has 10 heavy (non-hydrogen) atoms. The number of para-hydroxylation sites is 1. The molecular formula is C8H10ClN. The molecule has 0 heterocycles. The van der Waals surface area contributed by atoms with Crippen molar-refractivity contribution in [2.45, 2.75) is 12.8 Å². The molecule has 0 saturated carbocycles. The van der Waals surface area contributed by atoms with Crippen molar-refractivity contribution in [1.29, 1.82) is 0 Å². The average Bonchev–Trinajstić information content (AvgIpc) is 1.95. The summed E-state index contributed by atoms with van der Waals surface area (Å²) < 4.78 is 0. The van der Waals surface area contributed by atoms with Crippen molar-refractivity contribution in [1.82, 2.24) is 0 Å². The summed E-state index contributed by atoms with van der Waals surface area (Å²) in [7, 11) is 0. The van der Waals surface area contributed by atoms with Crippen LogP contribution in [-0.2, 0) is 5.88 Å². The van der Waals surface area contributed by atoms with Gasteiger partial charge in [-0.3, -0.25) is 0 Å². The lowest BCUT2D eigenvalue weighted by Crippen LogP contribution is -1.93. The Morgan fingerprint density at radius 2 is 2.20 bits per heavy atom. The highest BCUT2D eigenvalue weighted by Gasteiger charge is 1.97. The Kier molecular flexibility index (Phi) is 2.17. The van der Waals surface area contributed by atoms with Gasteiger partial charge in [-0.25, -0.2) is 0 Å². The number of benzene rings is 1. The Balaban J connectivity index is 3.14. The van der Waals surface area contributed by atoms with Crippen LogP contribution in [0.2, 0.25) is 0 Å². The molecule has 0 aliphatic rings. The second-order valence-corrected chi connectivity index (χ2v) is 2.55. The Hall–Kier alpha value is -0.690. The van der Waals surface area contributed by atoms with Gasteiger partial charge >= 0.3 is 0 Å². The Bertz CT molecular complexity index is 233. The van der Waals surface area contributed by atoms with Gasteiger partial charge < -0.3 is 5.73 Å². The number of nitrogen functional groups attached to an aromatic ring is 1. The minimum atomic E-state index is 0.494. The smallest absolute Gasteiger partial charge is 0.0494 e. The summed E-state index contributed by atoms with van der Waals surface area (Å²) in [6.45, 7) is 1.98. The number of rotatable bonds is 1. The predicted molar refractivity (Wildman–Crippen MR) is 45.1 cm³/mol. The van der Waals surface area contributed by atoms with Crippen molar-refractivity contribution < 1.29 is 0 Å². The first-order valence-electron chi connectivity index (χ1n) is 3.15. The fourth-order valence-electron chi connectivity index (χ4n) is 0.858. The van der Waals surface area contributed by atoms with Crippen molar-refractivity contribution in [3.8, 4) is 0 Å². The zero-order valence-electron chi connectivity index (χ0n) is 5.89. The normalized spacial score (nSPS) is 9.80. The van der Waals surface area contributed by atoms with Gasteiger partial charge in [0.15, 0.2) is 0 Å². The lowest BCUT2D eigenvalue weighted by atomic mass is 10.1. The van der Waals surface area contributed by atoms with Gasteiger partial charge in [-0.1, -0.05) is 18.2 Å². The van der Waals surface area contributed by atoms with Gasteiger partial charge in [-0.05, 0) is 18.1 Å². The van der Waals surface area contributed by atoms with Gasteiger partial charge in [0.1, 0.15) is 0 Å². The fraction of sp³-hybridized carbons (Fsp3) is 0.250. The van der Waals surface area contributed by atoms with E-state index in [9.17, 15) is 0 Å². The molecule has 0 aromatic heterocycles. The van der Waals surface area contributed by atoms with E-state index in [1.165, 1.54) is 0 Å². The van der Waals surface area contributed by atoms with Crippen LogP contribution < -0.4 is 5.73 Å². The van der Waals surface area contributed by atoms with Crippen molar-refractivity contribution >= 4 is 17.3 Å². The van der Waals surface area contributed by atoms with E-state index in [2.05, 4.69) is 0 Å². The molecule has 0 amide bonds. The van der Waals surface area contributed by atoms with E-state index in [0.717, 1.165) is 16.8 Å². The van der Waals surface area contributed by atoms with Crippen molar-refractivity contribution in [3.63, 3.8) is 0 Å². The molecule has 0 unspecified atom stereocenters. The highest BCUT2D eigenvalue weighted by atomic mass is 35.5. The first-order chi connectivity index (χ1) is 4.75. The first-order valence-corrected chi connectivity index (χ1v) is 3.69. The summed E-state index contributed by atoms with van der Waals surface area (Å²) in [5.41, 5.74) is 8.64. The van der Waals surface area contributed by atoms with Crippen LogP contribution >= 0.6 is 11.6 Å². The molecule has 1 aromatic rings. The molecule has 1 rings (SSSR count). The highest BCUT2D eigenvalue weighted by molar-refractivity contribution is 6.17. The summed E-state index contributed by atoms with van der Waals surface area (Å²) in [5.74, 6) is 0.494. The molecule has 0 spiro atoms. The maximum absolute atomic E-state index is 5.71. The van der Waals surface area contributed by atoms with Crippen molar-refractivity contribution in [3.05, 3.63) is 29.3 Å². The number of nitrogens with two attached hydrogens (primary N) is 1. The van der Waals surface area contributed by atoms with E-state index < -0.39 is 0 Å². The van der Waals surface area contributed by atoms with Gasteiger partial charge in [-0.2, -0.15) is 0 Å². The monoisotopic (exact) mass is 155 g/mol. The highest BCUT2D eigenvalue weighted by Crippen LogP contribution is 2.17. The van der Waals surface area contributed by atoms with Crippen LogP contribution in [-0.4, -0.2) is 0 Å². The topological polar surface area (TPSA) is 26.0 Å².